The molecule has 1 aromatic heterocycles. The minimum atomic E-state index is -0.00675. The third kappa shape index (κ3) is 2.42. The zero-order valence-electron chi connectivity index (χ0n) is 12.3. The number of fused-ring (bicyclic) bond motifs is 1. The molecule has 0 N–H and O–H groups in total. The Morgan fingerprint density at radius 2 is 1.48 bits per heavy atom. The smallest absolute Gasteiger partial charge is 0.193 e. The van der Waals surface area contributed by atoms with Crippen molar-refractivity contribution in [1.82, 2.24) is 5.16 Å². The molecule has 0 aliphatic carbocycles. The Morgan fingerprint density at radius 3 is 2.22 bits per heavy atom. The quantitative estimate of drug-likeness (QED) is 0.514. The Labute approximate surface area is 133 Å². The molecule has 0 saturated carbocycles. The van der Waals surface area contributed by atoms with Crippen LogP contribution in [0, 0.1) is 0 Å². The van der Waals surface area contributed by atoms with Crippen LogP contribution in [0.1, 0.15) is 15.9 Å². The highest BCUT2D eigenvalue weighted by molar-refractivity contribution is 6.11. The molecular weight excluding hydrogens is 286 g/mol. The van der Waals surface area contributed by atoms with Crippen molar-refractivity contribution in [3.63, 3.8) is 0 Å². The molecule has 0 bridgehead atoms. The number of aromatic nitrogens is 1. The lowest BCUT2D eigenvalue weighted by molar-refractivity contribution is 0.103. The van der Waals surface area contributed by atoms with Gasteiger partial charge < -0.3 is 4.52 Å². The van der Waals surface area contributed by atoms with Gasteiger partial charge in [0.15, 0.2) is 11.5 Å². The molecule has 4 aromatic rings. The summed E-state index contributed by atoms with van der Waals surface area (Å²) < 4.78 is 5.48. The first kappa shape index (κ1) is 13.5. The van der Waals surface area contributed by atoms with E-state index in [1.165, 1.54) is 0 Å². The average molecular weight is 299 g/mol. The van der Waals surface area contributed by atoms with Crippen LogP contribution in [0.2, 0.25) is 0 Å². The summed E-state index contributed by atoms with van der Waals surface area (Å²) in [6.07, 6.45) is 0. The monoisotopic (exact) mass is 299 g/mol. The van der Waals surface area contributed by atoms with Crippen molar-refractivity contribution >= 4 is 16.7 Å². The minimum absolute atomic E-state index is 0.00675. The van der Waals surface area contributed by atoms with E-state index in [9.17, 15) is 4.79 Å². The fraction of sp³-hybridized carbons (Fsp3) is 0. The summed E-state index contributed by atoms with van der Waals surface area (Å²) in [5, 5.41) is 4.93. The second-order valence-electron chi connectivity index (χ2n) is 5.30. The molecule has 0 unspecified atom stereocenters. The van der Waals surface area contributed by atoms with Crippen LogP contribution in [-0.2, 0) is 0 Å². The van der Waals surface area contributed by atoms with Crippen molar-refractivity contribution in [3.05, 3.63) is 90.0 Å². The zero-order chi connectivity index (χ0) is 15.6. The maximum absolute atomic E-state index is 12.6. The van der Waals surface area contributed by atoms with E-state index in [1.54, 1.807) is 6.07 Å². The number of hydrogen-bond acceptors (Lipinski definition) is 3. The van der Waals surface area contributed by atoms with Crippen LogP contribution in [0.25, 0.3) is 22.2 Å². The van der Waals surface area contributed by atoms with Gasteiger partial charge in [0.2, 0.25) is 0 Å². The summed E-state index contributed by atoms with van der Waals surface area (Å²) in [5.41, 5.74) is 2.99. The molecule has 0 aliphatic rings. The van der Waals surface area contributed by atoms with E-state index in [1.807, 2.05) is 72.8 Å². The topological polar surface area (TPSA) is 43.1 Å². The van der Waals surface area contributed by atoms with E-state index in [4.69, 9.17) is 4.52 Å². The van der Waals surface area contributed by atoms with Gasteiger partial charge in [-0.15, -0.1) is 0 Å². The molecule has 3 aromatic carbocycles. The lowest BCUT2D eigenvalue weighted by Gasteiger charge is -2.02. The summed E-state index contributed by atoms with van der Waals surface area (Å²) >= 11 is 0. The predicted molar refractivity (Wildman–Crippen MR) is 89.3 cm³/mol. The number of carbonyl (C=O) groups excluding carboxylic acids is 1. The SMILES string of the molecule is O=C(c1ccccc1)c1ccc2noc(-c3ccccc3)c2c1. The maximum atomic E-state index is 12.6. The first-order chi connectivity index (χ1) is 11.3. The Balaban J connectivity index is 1.83. The van der Waals surface area contributed by atoms with Gasteiger partial charge in [0, 0.05) is 16.7 Å². The van der Waals surface area contributed by atoms with Gasteiger partial charge in [-0.05, 0) is 18.2 Å². The minimum Gasteiger partial charge on any atom is -0.355 e. The highest BCUT2D eigenvalue weighted by atomic mass is 16.5. The molecule has 4 rings (SSSR count). The highest BCUT2D eigenvalue weighted by Gasteiger charge is 2.14. The average Bonchev–Trinajstić information content (AvgIpc) is 3.05. The van der Waals surface area contributed by atoms with Gasteiger partial charge in [-0.25, -0.2) is 0 Å². The summed E-state index contributed by atoms with van der Waals surface area (Å²) in [7, 11) is 0. The molecule has 23 heavy (non-hydrogen) atoms. The van der Waals surface area contributed by atoms with Gasteiger partial charge in [0.1, 0.15) is 5.52 Å². The van der Waals surface area contributed by atoms with Gasteiger partial charge in [-0.2, -0.15) is 0 Å². The van der Waals surface area contributed by atoms with Crippen LogP contribution in [0.4, 0.5) is 0 Å². The molecule has 0 fully saturated rings. The molecular formula is C20H13NO2. The van der Waals surface area contributed by atoms with Crippen LogP contribution < -0.4 is 0 Å². The normalized spacial score (nSPS) is 10.8. The number of rotatable bonds is 3. The number of benzene rings is 3. The Morgan fingerprint density at radius 1 is 0.783 bits per heavy atom. The summed E-state index contributed by atoms with van der Waals surface area (Å²) in [6.45, 7) is 0. The molecule has 110 valence electrons. The van der Waals surface area contributed by atoms with Crippen LogP contribution in [0.3, 0.4) is 0 Å². The Bertz CT molecular complexity index is 972. The van der Waals surface area contributed by atoms with Crippen molar-refractivity contribution in [2.75, 3.05) is 0 Å². The molecule has 0 saturated heterocycles. The number of carbonyl (C=O) groups is 1. The second kappa shape index (κ2) is 5.54. The highest BCUT2D eigenvalue weighted by Crippen LogP contribution is 2.29. The molecule has 0 atom stereocenters. The van der Waals surface area contributed by atoms with E-state index < -0.39 is 0 Å². The van der Waals surface area contributed by atoms with Crippen molar-refractivity contribution in [1.29, 1.82) is 0 Å². The van der Waals surface area contributed by atoms with Crippen LogP contribution >= 0.6 is 0 Å². The summed E-state index contributed by atoms with van der Waals surface area (Å²) in [6, 6.07) is 24.5. The standard InChI is InChI=1S/C20H13NO2/c22-19(14-7-3-1-4-8-14)16-11-12-18-17(13-16)20(23-21-18)15-9-5-2-6-10-15/h1-13H. The van der Waals surface area contributed by atoms with Crippen molar-refractivity contribution in [3.8, 4) is 11.3 Å². The Hall–Kier alpha value is -3.20. The molecule has 0 amide bonds. The molecule has 0 radical (unpaired) electrons. The number of hydrogen-bond donors (Lipinski definition) is 0. The first-order valence-corrected chi connectivity index (χ1v) is 7.37. The van der Waals surface area contributed by atoms with Gasteiger partial charge in [0.25, 0.3) is 0 Å². The zero-order valence-corrected chi connectivity index (χ0v) is 12.3. The van der Waals surface area contributed by atoms with E-state index in [2.05, 4.69) is 5.16 Å². The van der Waals surface area contributed by atoms with Gasteiger partial charge in [0.05, 0.1) is 5.39 Å². The predicted octanol–water partition coefficient (Wildman–Crippen LogP) is 4.73. The van der Waals surface area contributed by atoms with E-state index in [0.717, 1.165) is 16.5 Å². The Kier molecular flexibility index (Phi) is 3.24. The van der Waals surface area contributed by atoms with Crippen molar-refractivity contribution < 1.29 is 9.32 Å². The van der Waals surface area contributed by atoms with Crippen molar-refractivity contribution in [2.24, 2.45) is 0 Å². The van der Waals surface area contributed by atoms with Gasteiger partial charge >= 0.3 is 0 Å². The van der Waals surface area contributed by atoms with Crippen molar-refractivity contribution in [2.45, 2.75) is 0 Å². The van der Waals surface area contributed by atoms with E-state index in [-0.39, 0.29) is 5.78 Å². The third-order valence-electron chi connectivity index (χ3n) is 3.81. The van der Waals surface area contributed by atoms with E-state index >= 15 is 0 Å². The largest absolute Gasteiger partial charge is 0.355 e. The molecule has 0 spiro atoms. The number of nitrogens with zero attached hydrogens (tertiary/aromatic N) is 1. The van der Waals surface area contributed by atoms with Crippen LogP contribution in [-0.4, -0.2) is 10.9 Å². The number of ketones is 1. The lowest BCUT2D eigenvalue weighted by Crippen LogP contribution is -2.00. The molecule has 3 heteroatoms. The van der Waals surface area contributed by atoms with Gasteiger partial charge in [-0.3, -0.25) is 4.79 Å². The molecule has 0 aliphatic heterocycles. The van der Waals surface area contributed by atoms with Gasteiger partial charge in [-0.1, -0.05) is 65.8 Å². The lowest BCUT2D eigenvalue weighted by atomic mass is 10.0. The summed E-state index contributed by atoms with van der Waals surface area (Å²) in [5.74, 6) is 0.677. The van der Waals surface area contributed by atoms with Crippen LogP contribution in [0.5, 0.6) is 0 Å². The van der Waals surface area contributed by atoms with Crippen LogP contribution in [0.15, 0.2) is 83.4 Å². The second-order valence-corrected chi connectivity index (χ2v) is 5.30. The fourth-order valence-electron chi connectivity index (χ4n) is 2.64. The summed E-state index contributed by atoms with van der Waals surface area (Å²) in [4.78, 5) is 12.6. The molecule has 3 nitrogen and oxygen atoms in total. The fourth-order valence-corrected chi connectivity index (χ4v) is 2.64. The maximum Gasteiger partial charge on any atom is 0.193 e. The first-order valence-electron chi connectivity index (χ1n) is 7.37. The van der Waals surface area contributed by atoms with E-state index in [0.29, 0.717) is 16.9 Å². The third-order valence-corrected chi connectivity index (χ3v) is 3.81. The molecule has 1 heterocycles.